The zero-order valence-corrected chi connectivity index (χ0v) is 43.3. The quantitative estimate of drug-likeness (QED) is 0.0539. The Hall–Kier alpha value is -8.80. The third kappa shape index (κ3) is 10.6. The first kappa shape index (κ1) is 52.1. The second-order valence-electron chi connectivity index (χ2n) is 18.2. The van der Waals surface area contributed by atoms with Crippen molar-refractivity contribution in [2.75, 3.05) is 49.7 Å². The van der Waals surface area contributed by atoms with E-state index < -0.39 is 48.0 Å². The fraction of sp³-hybridized carbons (Fsp3) is 0.200. The molecular formula is C60H58N8O8. The summed E-state index contributed by atoms with van der Waals surface area (Å²) < 4.78 is 21.8. The minimum atomic E-state index is -0.810. The van der Waals surface area contributed by atoms with Crippen molar-refractivity contribution in [1.82, 2.24) is 19.9 Å². The van der Waals surface area contributed by atoms with Gasteiger partial charge in [-0.2, -0.15) is 0 Å². The van der Waals surface area contributed by atoms with Crippen molar-refractivity contribution in [3.8, 4) is 44.5 Å². The van der Waals surface area contributed by atoms with Crippen LogP contribution in [0.3, 0.4) is 0 Å². The molecule has 4 atom stereocenters. The van der Waals surface area contributed by atoms with Crippen molar-refractivity contribution in [2.24, 2.45) is 0 Å². The number of benzene rings is 4. The van der Waals surface area contributed by atoms with Crippen LogP contribution in [-0.2, 0) is 38.1 Å². The predicted molar refractivity (Wildman–Crippen MR) is 301 cm³/mol. The number of nitrogens with one attached hydrogen (secondary N) is 6. The summed E-state index contributed by atoms with van der Waals surface area (Å²) in [6.45, 7) is 6.61. The van der Waals surface area contributed by atoms with E-state index in [0.717, 1.165) is 22.3 Å². The molecule has 0 spiro atoms. The Balaban J connectivity index is 1.46. The van der Waals surface area contributed by atoms with Crippen LogP contribution in [0.25, 0.3) is 90.9 Å². The maximum absolute atomic E-state index is 13.8. The zero-order valence-electron chi connectivity index (χ0n) is 43.3. The first-order valence-corrected chi connectivity index (χ1v) is 24.7. The lowest BCUT2D eigenvalue weighted by Gasteiger charge is -2.20. The van der Waals surface area contributed by atoms with Crippen LogP contribution >= 0.6 is 0 Å². The molecule has 7 aromatic rings. The van der Waals surface area contributed by atoms with Gasteiger partial charge in [0, 0.05) is 83.9 Å². The van der Waals surface area contributed by atoms with Gasteiger partial charge in [-0.25, -0.2) is 9.97 Å². The van der Waals surface area contributed by atoms with Crippen LogP contribution in [0.5, 0.6) is 0 Å². The average Bonchev–Trinajstić information content (AvgIpc) is 4.31. The van der Waals surface area contributed by atoms with E-state index in [-0.39, 0.29) is 0 Å². The molecule has 2 aliphatic heterocycles. The molecule has 5 heterocycles. The standard InChI is InChI=1S/C60H58N8O8/c1-33(73-5)57(69)65-39-21-15-22-40(66-58(70)34(2)74-6)53(39)55-47-29-25-43(61-47)51(37-17-11-9-12-18-37)45-27-31-49(63-45)56(50-32-28-46(64-50)52(38-19-13-10-14-20-38)44-26-30-48(55)62-44)54-41(67-59(71)35(3)75-7)23-16-24-42(54)68-60(72)36(4)76-8/h9-36,61,64H,1-8H3,(H,65,69)(H,66,70)(H,67,71)(H,68,72)/t33-,34+,35-,36?/m0/s1. The third-order valence-electron chi connectivity index (χ3n) is 13.4. The summed E-state index contributed by atoms with van der Waals surface area (Å²) in [5.41, 5.74) is 11.5. The number of H-pyrrole nitrogens is 2. The SMILES string of the molecule is COC(C)C(=O)Nc1cccc(NC(=O)[C@H](C)OC)c1-c1c2nc(c(-c3ccccc3)c3ccc([nH]3)c(-c3c(NC(=O)[C@H](C)OC)cccc3NC(=O)[C@@H](C)OC)c3nc(c(-c4ccccc4)c4ccc1[nH]4)C=C3)C=C2. The van der Waals surface area contributed by atoms with E-state index in [0.29, 0.717) is 89.8 Å². The van der Waals surface area contributed by atoms with Gasteiger partial charge >= 0.3 is 0 Å². The summed E-state index contributed by atoms with van der Waals surface area (Å²) >= 11 is 0. The summed E-state index contributed by atoms with van der Waals surface area (Å²) in [6.07, 6.45) is 4.45. The molecular weight excluding hydrogens is 961 g/mol. The number of rotatable bonds is 16. The number of aromatic amines is 2. The van der Waals surface area contributed by atoms with Crippen LogP contribution in [0, 0.1) is 0 Å². The van der Waals surface area contributed by atoms with Gasteiger partial charge in [-0.05, 0) is 112 Å². The fourth-order valence-corrected chi connectivity index (χ4v) is 8.97. The largest absolute Gasteiger partial charge is 0.372 e. The molecule has 2 aliphatic rings. The lowest BCUT2D eigenvalue weighted by Crippen LogP contribution is -2.28. The van der Waals surface area contributed by atoms with E-state index in [1.54, 1.807) is 64.1 Å². The van der Waals surface area contributed by atoms with Gasteiger partial charge in [-0.15, -0.1) is 0 Å². The Kier molecular flexibility index (Phi) is 15.6. The summed E-state index contributed by atoms with van der Waals surface area (Å²) in [5.74, 6) is -1.61. The fourth-order valence-electron chi connectivity index (χ4n) is 8.97. The number of anilines is 4. The van der Waals surface area contributed by atoms with Gasteiger partial charge < -0.3 is 50.2 Å². The Bertz CT molecular complexity index is 3280. The minimum absolute atomic E-state index is 0.390. The number of ether oxygens (including phenoxy) is 4. The van der Waals surface area contributed by atoms with E-state index in [4.69, 9.17) is 28.9 Å². The van der Waals surface area contributed by atoms with Crippen LogP contribution in [0.15, 0.2) is 121 Å². The molecule has 386 valence electrons. The number of carbonyl (C=O) groups is 4. The molecule has 4 aromatic carbocycles. The highest BCUT2D eigenvalue weighted by molar-refractivity contribution is 6.11. The topological polar surface area (TPSA) is 211 Å². The monoisotopic (exact) mass is 1020 g/mol. The number of hydrogen-bond acceptors (Lipinski definition) is 10. The summed E-state index contributed by atoms with van der Waals surface area (Å²) in [7, 11) is 5.85. The molecule has 9 rings (SSSR count). The number of nitrogens with zero attached hydrogens (tertiary/aromatic N) is 2. The number of carbonyl (C=O) groups excluding carboxylic acids is 4. The first-order chi connectivity index (χ1) is 36.8. The maximum atomic E-state index is 13.8. The van der Waals surface area contributed by atoms with Gasteiger partial charge in [0.1, 0.15) is 24.4 Å². The van der Waals surface area contributed by atoms with Crippen molar-refractivity contribution in [3.05, 3.63) is 144 Å². The van der Waals surface area contributed by atoms with E-state index in [9.17, 15) is 19.2 Å². The molecule has 8 bridgehead atoms. The van der Waals surface area contributed by atoms with Crippen LogP contribution in [-0.4, -0.2) is 96.4 Å². The summed E-state index contributed by atoms with van der Waals surface area (Å²) in [5, 5.41) is 12.3. The van der Waals surface area contributed by atoms with E-state index in [1.165, 1.54) is 28.4 Å². The maximum Gasteiger partial charge on any atom is 0.253 e. The van der Waals surface area contributed by atoms with E-state index in [2.05, 4.69) is 31.2 Å². The number of amides is 4. The van der Waals surface area contributed by atoms with Crippen LogP contribution in [0.1, 0.15) is 50.5 Å². The lowest BCUT2D eigenvalue weighted by atomic mass is 9.98. The highest BCUT2D eigenvalue weighted by Gasteiger charge is 2.27. The minimum Gasteiger partial charge on any atom is -0.372 e. The van der Waals surface area contributed by atoms with E-state index in [1.807, 2.05) is 109 Å². The van der Waals surface area contributed by atoms with Gasteiger partial charge in [0.25, 0.3) is 23.6 Å². The lowest BCUT2D eigenvalue weighted by molar-refractivity contribution is -0.125. The van der Waals surface area contributed by atoms with Gasteiger partial charge in [-0.3, -0.25) is 19.2 Å². The number of methoxy groups -OCH3 is 4. The predicted octanol–water partition coefficient (Wildman–Crippen LogP) is 11.2. The van der Waals surface area contributed by atoms with Crippen molar-refractivity contribution in [3.63, 3.8) is 0 Å². The molecule has 6 N–H and O–H groups in total. The Morgan fingerprint density at radius 3 is 0.895 bits per heavy atom. The van der Waals surface area contributed by atoms with Gasteiger partial charge in [0.15, 0.2) is 0 Å². The highest BCUT2D eigenvalue weighted by atomic mass is 16.5. The average molecular weight is 1020 g/mol. The summed E-state index contributed by atoms with van der Waals surface area (Å²) in [4.78, 5) is 73.4. The Morgan fingerprint density at radius 1 is 0.355 bits per heavy atom. The van der Waals surface area contributed by atoms with E-state index >= 15 is 0 Å². The smallest absolute Gasteiger partial charge is 0.253 e. The molecule has 16 nitrogen and oxygen atoms in total. The molecule has 76 heavy (non-hydrogen) atoms. The van der Waals surface area contributed by atoms with Crippen molar-refractivity contribution >= 4 is 92.7 Å². The molecule has 0 saturated carbocycles. The number of hydrogen-bond donors (Lipinski definition) is 6. The van der Waals surface area contributed by atoms with Crippen LogP contribution in [0.4, 0.5) is 22.7 Å². The van der Waals surface area contributed by atoms with Crippen LogP contribution < -0.4 is 21.3 Å². The van der Waals surface area contributed by atoms with Gasteiger partial charge in [0.05, 0.1) is 45.5 Å². The van der Waals surface area contributed by atoms with Gasteiger partial charge in [-0.1, -0.05) is 72.8 Å². The van der Waals surface area contributed by atoms with Crippen molar-refractivity contribution < 1.29 is 38.1 Å². The van der Waals surface area contributed by atoms with Crippen molar-refractivity contribution in [2.45, 2.75) is 52.1 Å². The first-order valence-electron chi connectivity index (χ1n) is 24.7. The molecule has 1 unspecified atom stereocenters. The van der Waals surface area contributed by atoms with Crippen LogP contribution in [0.2, 0.25) is 0 Å². The molecule has 0 radical (unpaired) electrons. The highest BCUT2D eigenvalue weighted by Crippen LogP contribution is 2.45. The molecule has 0 saturated heterocycles. The Labute approximate surface area is 439 Å². The number of aromatic nitrogens is 4. The molecule has 4 amide bonds. The summed E-state index contributed by atoms with van der Waals surface area (Å²) in [6, 6.07) is 38.1. The Morgan fingerprint density at radius 2 is 0.618 bits per heavy atom. The molecule has 16 heteroatoms. The normalized spacial score (nSPS) is 13.4. The molecule has 0 fully saturated rings. The van der Waals surface area contributed by atoms with Gasteiger partial charge in [0.2, 0.25) is 0 Å². The zero-order chi connectivity index (χ0) is 53.6. The van der Waals surface area contributed by atoms with Crippen molar-refractivity contribution in [1.29, 1.82) is 0 Å². The second-order valence-corrected chi connectivity index (χ2v) is 18.2. The second kappa shape index (κ2) is 22.8. The number of fused-ring (bicyclic) bond motifs is 8. The molecule has 0 aliphatic carbocycles. The third-order valence-corrected chi connectivity index (χ3v) is 13.4. The molecule has 3 aromatic heterocycles.